The Kier molecular flexibility index (Phi) is 4.38. The fourth-order valence-corrected chi connectivity index (χ4v) is 2.99. The third-order valence-electron chi connectivity index (χ3n) is 4.38. The number of hydrogen-bond acceptors (Lipinski definition) is 3. The number of pyridine rings is 1. The van der Waals surface area contributed by atoms with Gasteiger partial charge in [-0.25, -0.2) is 4.98 Å². The van der Waals surface area contributed by atoms with Gasteiger partial charge in [0.1, 0.15) is 5.65 Å². The molecule has 0 aromatic carbocycles. The Morgan fingerprint density at radius 2 is 2.04 bits per heavy atom. The number of aromatic nitrogens is 4. The second kappa shape index (κ2) is 6.47. The van der Waals surface area contributed by atoms with Crippen LogP contribution in [0.15, 0.2) is 24.4 Å². The van der Waals surface area contributed by atoms with Crippen molar-refractivity contribution >= 4 is 11.6 Å². The lowest BCUT2D eigenvalue weighted by molar-refractivity contribution is -0.120. The molecule has 0 spiro atoms. The summed E-state index contributed by atoms with van der Waals surface area (Å²) >= 11 is 0. The number of nitrogens with one attached hydrogen (secondary N) is 1. The van der Waals surface area contributed by atoms with Gasteiger partial charge in [0.05, 0.1) is 24.4 Å². The highest BCUT2D eigenvalue weighted by Crippen LogP contribution is 2.14. The topological polar surface area (TPSA) is 64.2 Å². The summed E-state index contributed by atoms with van der Waals surface area (Å²) in [7, 11) is 0. The van der Waals surface area contributed by atoms with Gasteiger partial charge in [-0.2, -0.15) is 5.10 Å². The van der Waals surface area contributed by atoms with E-state index >= 15 is 0 Å². The zero-order valence-corrected chi connectivity index (χ0v) is 14.6. The smallest absolute Gasteiger partial charge is 0.224 e. The monoisotopic (exact) mass is 325 g/mol. The van der Waals surface area contributed by atoms with E-state index in [4.69, 9.17) is 0 Å². The van der Waals surface area contributed by atoms with Crippen molar-refractivity contribution < 1.29 is 4.79 Å². The molecule has 1 N–H and O–H groups in total. The first-order valence-corrected chi connectivity index (χ1v) is 8.22. The van der Waals surface area contributed by atoms with E-state index in [0.29, 0.717) is 13.0 Å². The molecule has 0 aliphatic rings. The van der Waals surface area contributed by atoms with Gasteiger partial charge in [0.15, 0.2) is 0 Å². The fourth-order valence-electron chi connectivity index (χ4n) is 2.99. The molecule has 3 heterocycles. The molecule has 0 saturated heterocycles. The van der Waals surface area contributed by atoms with Gasteiger partial charge in [0, 0.05) is 29.7 Å². The van der Waals surface area contributed by atoms with Gasteiger partial charge in [-0.15, -0.1) is 0 Å². The minimum absolute atomic E-state index is 0.00867. The highest BCUT2D eigenvalue weighted by Gasteiger charge is 2.14. The number of nitrogens with zero attached hydrogens (tertiary/aromatic N) is 4. The highest BCUT2D eigenvalue weighted by molar-refractivity contribution is 5.79. The van der Waals surface area contributed by atoms with Crippen LogP contribution in [0.4, 0.5) is 0 Å². The van der Waals surface area contributed by atoms with E-state index in [-0.39, 0.29) is 5.91 Å². The largest absolute Gasteiger partial charge is 0.350 e. The first-order valence-electron chi connectivity index (χ1n) is 8.22. The minimum atomic E-state index is -0.00867. The Labute approximate surface area is 141 Å². The Hall–Kier alpha value is -2.63. The van der Waals surface area contributed by atoms with E-state index in [1.807, 2.05) is 54.2 Å². The summed E-state index contributed by atoms with van der Waals surface area (Å²) in [6, 6.07) is 5.98. The van der Waals surface area contributed by atoms with Crippen LogP contribution in [0, 0.1) is 20.8 Å². The van der Waals surface area contributed by atoms with E-state index in [2.05, 4.69) is 22.3 Å². The van der Waals surface area contributed by atoms with Crippen molar-refractivity contribution in [1.29, 1.82) is 0 Å². The van der Waals surface area contributed by atoms with Gasteiger partial charge in [-0.05, 0) is 39.8 Å². The lowest BCUT2D eigenvalue weighted by Gasteiger charge is -2.04. The Morgan fingerprint density at radius 3 is 2.71 bits per heavy atom. The van der Waals surface area contributed by atoms with Gasteiger partial charge in [0.25, 0.3) is 0 Å². The molecule has 1 amide bonds. The van der Waals surface area contributed by atoms with Crippen LogP contribution in [0.25, 0.3) is 5.65 Å². The number of amides is 1. The summed E-state index contributed by atoms with van der Waals surface area (Å²) < 4.78 is 3.96. The van der Waals surface area contributed by atoms with Crippen LogP contribution in [0.3, 0.4) is 0 Å². The predicted molar refractivity (Wildman–Crippen MR) is 92.9 cm³/mol. The standard InChI is InChI=1S/C18H23N5O/c1-5-23-14(4)16(13(3)21-23)9-18(24)19-10-15-11-22-12(2)7-6-8-17(22)20-15/h6-8,11H,5,9-10H2,1-4H3,(H,19,24). The average molecular weight is 325 g/mol. The van der Waals surface area contributed by atoms with Crippen molar-refractivity contribution in [3.63, 3.8) is 0 Å². The van der Waals surface area contributed by atoms with Gasteiger partial charge < -0.3 is 9.72 Å². The molecular formula is C18H23N5O. The molecule has 6 heteroatoms. The molecule has 0 bridgehead atoms. The van der Waals surface area contributed by atoms with E-state index in [9.17, 15) is 4.79 Å². The Bertz CT molecular complexity index is 890. The van der Waals surface area contributed by atoms with E-state index in [0.717, 1.165) is 40.5 Å². The van der Waals surface area contributed by atoms with Crippen molar-refractivity contribution in [3.8, 4) is 0 Å². The molecule has 0 unspecified atom stereocenters. The van der Waals surface area contributed by atoms with E-state index < -0.39 is 0 Å². The second-order valence-corrected chi connectivity index (χ2v) is 6.05. The third kappa shape index (κ3) is 3.04. The highest BCUT2D eigenvalue weighted by atomic mass is 16.1. The van der Waals surface area contributed by atoms with Crippen molar-refractivity contribution in [1.82, 2.24) is 24.5 Å². The second-order valence-electron chi connectivity index (χ2n) is 6.05. The van der Waals surface area contributed by atoms with Crippen LogP contribution >= 0.6 is 0 Å². The van der Waals surface area contributed by atoms with Gasteiger partial charge in [-0.3, -0.25) is 9.48 Å². The number of rotatable bonds is 5. The lowest BCUT2D eigenvalue weighted by atomic mass is 10.1. The molecule has 0 atom stereocenters. The summed E-state index contributed by atoms with van der Waals surface area (Å²) in [5.41, 5.74) is 5.88. The Morgan fingerprint density at radius 1 is 1.25 bits per heavy atom. The van der Waals surface area contributed by atoms with Crippen LogP contribution in [-0.2, 0) is 24.3 Å². The maximum absolute atomic E-state index is 12.3. The lowest BCUT2D eigenvalue weighted by Crippen LogP contribution is -2.25. The molecule has 24 heavy (non-hydrogen) atoms. The molecule has 3 aromatic heterocycles. The summed E-state index contributed by atoms with van der Waals surface area (Å²) in [6.45, 7) is 9.29. The number of carbonyl (C=O) groups excluding carboxylic acids is 1. The number of carbonyl (C=O) groups is 1. The number of aryl methyl sites for hydroxylation is 3. The molecule has 126 valence electrons. The van der Waals surface area contributed by atoms with Crippen LogP contribution in [0.1, 0.15) is 35.3 Å². The van der Waals surface area contributed by atoms with Crippen LogP contribution in [0.2, 0.25) is 0 Å². The summed E-state index contributed by atoms with van der Waals surface area (Å²) in [5, 5.41) is 7.42. The van der Waals surface area contributed by atoms with Crippen LogP contribution in [-0.4, -0.2) is 25.1 Å². The molecule has 0 saturated carbocycles. The van der Waals surface area contributed by atoms with Crippen molar-refractivity contribution in [3.05, 3.63) is 52.7 Å². The summed E-state index contributed by atoms with van der Waals surface area (Å²) in [5.74, 6) is -0.00867. The maximum Gasteiger partial charge on any atom is 0.224 e. The Balaban J connectivity index is 1.67. The molecular weight excluding hydrogens is 302 g/mol. The zero-order valence-electron chi connectivity index (χ0n) is 14.6. The van der Waals surface area contributed by atoms with Crippen molar-refractivity contribution in [2.24, 2.45) is 0 Å². The van der Waals surface area contributed by atoms with Gasteiger partial charge >= 0.3 is 0 Å². The third-order valence-corrected chi connectivity index (χ3v) is 4.38. The molecule has 3 rings (SSSR count). The first-order chi connectivity index (χ1) is 11.5. The van der Waals surface area contributed by atoms with Crippen LogP contribution in [0.5, 0.6) is 0 Å². The first kappa shape index (κ1) is 16.2. The van der Waals surface area contributed by atoms with Crippen molar-refractivity contribution in [2.45, 2.75) is 47.2 Å². The van der Waals surface area contributed by atoms with Crippen molar-refractivity contribution in [2.75, 3.05) is 0 Å². The SMILES string of the molecule is CCn1nc(C)c(CC(=O)NCc2cn3c(C)cccc3n2)c1C. The minimum Gasteiger partial charge on any atom is -0.350 e. The molecule has 0 aliphatic heterocycles. The molecule has 0 radical (unpaired) electrons. The number of imidazole rings is 1. The van der Waals surface area contributed by atoms with Gasteiger partial charge in [-0.1, -0.05) is 6.07 Å². The molecule has 0 fully saturated rings. The molecule has 6 nitrogen and oxygen atoms in total. The summed E-state index contributed by atoms with van der Waals surface area (Å²) in [6.07, 6.45) is 2.32. The van der Waals surface area contributed by atoms with E-state index in [1.54, 1.807) is 0 Å². The van der Waals surface area contributed by atoms with Crippen LogP contribution < -0.4 is 5.32 Å². The molecule has 3 aromatic rings. The predicted octanol–water partition coefficient (Wildman–Crippen LogP) is 2.33. The number of hydrogen-bond donors (Lipinski definition) is 1. The fraction of sp³-hybridized carbons (Fsp3) is 0.389. The summed E-state index contributed by atoms with van der Waals surface area (Å²) in [4.78, 5) is 16.8. The average Bonchev–Trinajstić information content (AvgIpc) is 3.09. The van der Waals surface area contributed by atoms with Gasteiger partial charge in [0.2, 0.25) is 5.91 Å². The maximum atomic E-state index is 12.3. The quantitative estimate of drug-likeness (QED) is 0.783. The molecule has 0 aliphatic carbocycles. The normalized spacial score (nSPS) is 11.2. The zero-order chi connectivity index (χ0) is 17.3. The number of fused-ring (bicyclic) bond motifs is 1. The van der Waals surface area contributed by atoms with E-state index in [1.165, 1.54) is 0 Å².